The van der Waals surface area contributed by atoms with Gasteiger partial charge in [0.2, 0.25) is 0 Å². The molecule has 0 unspecified atom stereocenters. The molecule has 0 radical (unpaired) electrons. The summed E-state index contributed by atoms with van der Waals surface area (Å²) in [5.74, 6) is -0.216. The van der Waals surface area contributed by atoms with E-state index in [1.54, 1.807) is 13.8 Å². The van der Waals surface area contributed by atoms with Crippen molar-refractivity contribution < 1.29 is 19.7 Å². The van der Waals surface area contributed by atoms with Crippen molar-refractivity contribution in [1.82, 2.24) is 4.98 Å². The van der Waals surface area contributed by atoms with Crippen LogP contribution in [0.1, 0.15) is 36.6 Å². The molecule has 1 aromatic heterocycles. The van der Waals surface area contributed by atoms with E-state index in [2.05, 4.69) is 9.98 Å². The van der Waals surface area contributed by atoms with E-state index >= 15 is 0 Å². The predicted octanol–water partition coefficient (Wildman–Crippen LogP) is 1.35. The van der Waals surface area contributed by atoms with E-state index in [1.165, 1.54) is 12.4 Å². The van der Waals surface area contributed by atoms with Crippen LogP contribution >= 0.6 is 0 Å². The number of rotatable bonds is 7. The molecule has 0 bridgehead atoms. The minimum atomic E-state index is -0.235. The van der Waals surface area contributed by atoms with E-state index in [1.807, 2.05) is 0 Å². The Morgan fingerprint density at radius 1 is 1.55 bits per heavy atom. The van der Waals surface area contributed by atoms with Crippen molar-refractivity contribution in [2.45, 2.75) is 33.3 Å². The molecule has 1 rings (SSSR count). The number of esters is 1. The molecule has 6 nitrogen and oxygen atoms in total. The molecule has 1 aromatic rings. The van der Waals surface area contributed by atoms with E-state index in [0.29, 0.717) is 42.8 Å². The highest BCUT2D eigenvalue weighted by Gasteiger charge is 2.09. The van der Waals surface area contributed by atoms with Gasteiger partial charge in [-0.05, 0) is 20.3 Å². The highest BCUT2D eigenvalue weighted by atomic mass is 16.5. The van der Waals surface area contributed by atoms with Crippen LogP contribution in [0.3, 0.4) is 0 Å². The van der Waals surface area contributed by atoms with Gasteiger partial charge >= 0.3 is 5.97 Å². The molecule has 2 N–H and O–H groups in total. The Kier molecular flexibility index (Phi) is 6.66. The van der Waals surface area contributed by atoms with Gasteiger partial charge in [-0.2, -0.15) is 0 Å². The average molecular weight is 280 g/mol. The molecular weight excluding hydrogens is 260 g/mol. The lowest BCUT2D eigenvalue weighted by Crippen LogP contribution is -2.04. The third-order valence-corrected chi connectivity index (χ3v) is 2.72. The van der Waals surface area contributed by atoms with Gasteiger partial charge in [0, 0.05) is 36.5 Å². The summed E-state index contributed by atoms with van der Waals surface area (Å²) in [6.07, 6.45) is 3.91. The van der Waals surface area contributed by atoms with Crippen molar-refractivity contribution in [1.29, 1.82) is 0 Å². The second-order valence-electron chi connectivity index (χ2n) is 4.23. The molecule has 0 atom stereocenters. The van der Waals surface area contributed by atoms with Crippen LogP contribution < -0.4 is 0 Å². The zero-order valence-corrected chi connectivity index (χ0v) is 11.8. The Morgan fingerprint density at radius 3 is 2.95 bits per heavy atom. The number of pyridine rings is 1. The van der Waals surface area contributed by atoms with Crippen LogP contribution in [0, 0.1) is 6.92 Å². The fourth-order valence-corrected chi connectivity index (χ4v) is 1.63. The monoisotopic (exact) mass is 280 g/mol. The minimum Gasteiger partial charge on any atom is -0.505 e. The maximum absolute atomic E-state index is 11.1. The first-order valence-corrected chi connectivity index (χ1v) is 6.53. The normalized spacial score (nSPS) is 10.9. The molecule has 0 saturated heterocycles. The lowest BCUT2D eigenvalue weighted by molar-refractivity contribution is -0.143. The quantitative estimate of drug-likeness (QED) is 0.447. The Labute approximate surface area is 118 Å². The number of aliphatic hydroxyl groups excluding tert-OH is 1. The smallest absolute Gasteiger partial charge is 0.305 e. The Morgan fingerprint density at radius 2 is 2.30 bits per heavy atom. The molecule has 0 aliphatic rings. The molecule has 0 aromatic carbocycles. The van der Waals surface area contributed by atoms with E-state index in [4.69, 9.17) is 4.74 Å². The summed E-state index contributed by atoms with van der Waals surface area (Å²) in [6.45, 7) is 4.05. The SMILES string of the molecule is CCOC(=O)CCCN=Cc1c(CO)cnc(C)c1O. The van der Waals surface area contributed by atoms with Gasteiger partial charge in [0.05, 0.1) is 18.9 Å². The molecule has 0 saturated carbocycles. The second-order valence-corrected chi connectivity index (χ2v) is 4.23. The first-order chi connectivity index (χ1) is 9.60. The Hall–Kier alpha value is -1.95. The summed E-state index contributed by atoms with van der Waals surface area (Å²) >= 11 is 0. The van der Waals surface area contributed by atoms with Crippen LogP contribution in [-0.2, 0) is 16.1 Å². The number of aliphatic hydroxyl groups is 1. The number of aromatic nitrogens is 1. The number of aliphatic imine (C=N–C) groups is 1. The maximum atomic E-state index is 11.1. The van der Waals surface area contributed by atoms with Gasteiger partial charge < -0.3 is 14.9 Å². The standard InChI is InChI=1S/C14H20N2O4/c1-3-20-13(18)5-4-6-15-8-12-11(9-17)7-16-10(2)14(12)19/h7-8,17,19H,3-6,9H2,1-2H3. The third kappa shape index (κ3) is 4.62. The Bertz CT molecular complexity index is 486. The number of aryl methyl sites for hydroxylation is 1. The zero-order chi connectivity index (χ0) is 15.0. The molecule has 0 aliphatic heterocycles. The average Bonchev–Trinajstić information content (AvgIpc) is 2.43. The maximum Gasteiger partial charge on any atom is 0.305 e. The van der Waals surface area contributed by atoms with Gasteiger partial charge in [-0.3, -0.25) is 14.8 Å². The van der Waals surface area contributed by atoms with E-state index in [0.717, 1.165) is 0 Å². The summed E-state index contributed by atoms with van der Waals surface area (Å²) < 4.78 is 4.81. The molecule has 0 fully saturated rings. The lowest BCUT2D eigenvalue weighted by atomic mass is 10.1. The van der Waals surface area contributed by atoms with Crippen LogP contribution in [0.5, 0.6) is 5.75 Å². The molecule has 6 heteroatoms. The van der Waals surface area contributed by atoms with Crippen LogP contribution in [0.25, 0.3) is 0 Å². The van der Waals surface area contributed by atoms with E-state index in [9.17, 15) is 15.0 Å². The fraction of sp³-hybridized carbons (Fsp3) is 0.500. The van der Waals surface area contributed by atoms with Crippen molar-refractivity contribution >= 4 is 12.2 Å². The summed E-state index contributed by atoms with van der Waals surface area (Å²) in [6, 6.07) is 0. The number of nitrogens with zero attached hydrogens (tertiary/aromatic N) is 2. The molecule has 0 aliphatic carbocycles. The largest absolute Gasteiger partial charge is 0.505 e. The van der Waals surface area contributed by atoms with Crippen LogP contribution in [-0.4, -0.2) is 40.5 Å². The molecule has 1 heterocycles. The topological polar surface area (TPSA) is 92.0 Å². The van der Waals surface area contributed by atoms with Gasteiger partial charge in [-0.25, -0.2) is 0 Å². The number of hydrogen-bond donors (Lipinski definition) is 2. The van der Waals surface area contributed by atoms with Crippen LogP contribution in [0.4, 0.5) is 0 Å². The first kappa shape index (κ1) is 16.1. The summed E-state index contributed by atoms with van der Waals surface area (Å²) in [4.78, 5) is 19.2. The third-order valence-electron chi connectivity index (χ3n) is 2.72. The van der Waals surface area contributed by atoms with Gasteiger partial charge in [0.25, 0.3) is 0 Å². The molecular formula is C14H20N2O4. The number of aromatic hydroxyl groups is 1. The number of hydrogen-bond acceptors (Lipinski definition) is 6. The van der Waals surface area contributed by atoms with Crippen LogP contribution in [0.15, 0.2) is 11.2 Å². The van der Waals surface area contributed by atoms with Crippen molar-refractivity contribution in [3.05, 3.63) is 23.0 Å². The second kappa shape index (κ2) is 8.27. The molecule has 0 amide bonds. The van der Waals surface area contributed by atoms with Crippen molar-refractivity contribution in [2.75, 3.05) is 13.2 Å². The minimum absolute atomic E-state index is 0.0192. The highest BCUT2D eigenvalue weighted by molar-refractivity contribution is 5.85. The predicted molar refractivity (Wildman–Crippen MR) is 74.9 cm³/mol. The van der Waals surface area contributed by atoms with Gasteiger partial charge in [0.1, 0.15) is 5.75 Å². The Balaban J connectivity index is 2.58. The fourth-order valence-electron chi connectivity index (χ4n) is 1.63. The van der Waals surface area contributed by atoms with E-state index in [-0.39, 0.29) is 18.3 Å². The van der Waals surface area contributed by atoms with Gasteiger partial charge in [0.15, 0.2) is 0 Å². The van der Waals surface area contributed by atoms with Gasteiger partial charge in [-0.1, -0.05) is 0 Å². The van der Waals surface area contributed by atoms with Crippen molar-refractivity contribution in [2.24, 2.45) is 4.99 Å². The zero-order valence-electron chi connectivity index (χ0n) is 11.8. The molecule has 20 heavy (non-hydrogen) atoms. The number of ether oxygens (including phenoxy) is 1. The summed E-state index contributed by atoms with van der Waals surface area (Å²) in [7, 11) is 0. The highest BCUT2D eigenvalue weighted by Crippen LogP contribution is 2.21. The van der Waals surface area contributed by atoms with Crippen LogP contribution in [0.2, 0.25) is 0 Å². The van der Waals surface area contributed by atoms with E-state index < -0.39 is 0 Å². The summed E-state index contributed by atoms with van der Waals surface area (Å²) in [5, 5.41) is 19.1. The number of carbonyl (C=O) groups excluding carboxylic acids is 1. The first-order valence-electron chi connectivity index (χ1n) is 6.53. The van der Waals surface area contributed by atoms with Crippen molar-refractivity contribution in [3.63, 3.8) is 0 Å². The number of carbonyl (C=O) groups is 1. The molecule has 0 spiro atoms. The van der Waals surface area contributed by atoms with Gasteiger partial charge in [-0.15, -0.1) is 0 Å². The molecule has 110 valence electrons. The summed E-state index contributed by atoms with van der Waals surface area (Å²) in [5.41, 5.74) is 1.47. The van der Waals surface area contributed by atoms with Crippen molar-refractivity contribution in [3.8, 4) is 5.75 Å². The lowest BCUT2D eigenvalue weighted by Gasteiger charge is -2.06.